The second kappa shape index (κ2) is 9.65. The third-order valence-corrected chi connectivity index (χ3v) is 8.48. The third-order valence-electron chi connectivity index (χ3n) is 8.48. The Balaban J connectivity index is 1.27. The molecule has 0 amide bonds. The second-order valence-corrected chi connectivity index (χ2v) is 11.7. The van der Waals surface area contributed by atoms with Crippen molar-refractivity contribution in [3.05, 3.63) is 121 Å². The Bertz CT molecular complexity index is 1730. The minimum Gasteiger partial charge on any atom is -0.453 e. The van der Waals surface area contributed by atoms with E-state index in [1.807, 2.05) is 18.2 Å². The van der Waals surface area contributed by atoms with Crippen molar-refractivity contribution in [2.24, 2.45) is 0 Å². The van der Waals surface area contributed by atoms with Gasteiger partial charge in [-0.05, 0) is 91.8 Å². The lowest BCUT2D eigenvalue weighted by molar-refractivity contribution is 0.00578. The van der Waals surface area contributed by atoms with E-state index < -0.39 is 7.12 Å². The van der Waals surface area contributed by atoms with Gasteiger partial charge in [0.25, 0.3) is 0 Å². The summed E-state index contributed by atoms with van der Waals surface area (Å²) in [6.07, 6.45) is 0. The van der Waals surface area contributed by atoms with Gasteiger partial charge >= 0.3 is 7.12 Å². The standard InChI is InChI=1S/C36H32BNO3/c1-35(2)36(3,4)41-37(40-35)29-16-10-14-26(22-29)28-20-21-32-34(24-28)39-33-19-9-8-18-31(33)38(32)30-17-11-15-27(23-30)25-12-6-5-7-13-25/h5-24H,1-4H3. The molecule has 0 aromatic heterocycles. The van der Waals surface area contributed by atoms with Gasteiger partial charge in [-0.15, -0.1) is 0 Å². The van der Waals surface area contributed by atoms with Crippen molar-refractivity contribution in [3.8, 4) is 33.8 Å². The first kappa shape index (κ1) is 25.6. The predicted octanol–water partition coefficient (Wildman–Crippen LogP) is 8.90. The highest BCUT2D eigenvalue weighted by molar-refractivity contribution is 6.62. The van der Waals surface area contributed by atoms with Gasteiger partial charge in [-0.25, -0.2) is 0 Å². The van der Waals surface area contributed by atoms with Gasteiger partial charge in [0, 0.05) is 5.69 Å². The summed E-state index contributed by atoms with van der Waals surface area (Å²) in [5, 5.41) is 0. The van der Waals surface area contributed by atoms with E-state index >= 15 is 0 Å². The largest absolute Gasteiger partial charge is 0.494 e. The molecule has 2 heterocycles. The van der Waals surface area contributed by atoms with Crippen LogP contribution < -0.4 is 15.1 Å². The lowest BCUT2D eigenvalue weighted by atomic mass is 9.78. The smallest absolute Gasteiger partial charge is 0.453 e. The zero-order valence-electron chi connectivity index (χ0n) is 23.8. The Kier molecular flexibility index (Phi) is 6.04. The molecule has 0 N–H and O–H groups in total. The van der Waals surface area contributed by atoms with E-state index in [4.69, 9.17) is 14.0 Å². The van der Waals surface area contributed by atoms with Crippen LogP contribution in [0.5, 0.6) is 11.5 Å². The van der Waals surface area contributed by atoms with Crippen molar-refractivity contribution in [1.82, 2.24) is 0 Å². The Morgan fingerprint density at radius 3 is 1.90 bits per heavy atom. The van der Waals surface area contributed by atoms with Gasteiger partial charge < -0.3 is 18.9 Å². The first-order chi connectivity index (χ1) is 19.8. The lowest BCUT2D eigenvalue weighted by Gasteiger charge is -2.33. The van der Waals surface area contributed by atoms with Crippen LogP contribution in [0.4, 0.5) is 17.1 Å². The number of ether oxygens (including phenoxy) is 1. The molecule has 5 aromatic carbocycles. The molecule has 2 aliphatic rings. The normalized spacial score (nSPS) is 16.6. The molecule has 0 unspecified atom stereocenters. The van der Waals surface area contributed by atoms with E-state index in [-0.39, 0.29) is 11.2 Å². The Labute approximate surface area is 242 Å². The highest BCUT2D eigenvalue weighted by Gasteiger charge is 2.51. The molecule has 1 saturated heterocycles. The van der Waals surface area contributed by atoms with Crippen LogP contribution in [-0.2, 0) is 9.31 Å². The molecule has 0 bridgehead atoms. The highest BCUT2D eigenvalue weighted by Crippen LogP contribution is 2.51. The topological polar surface area (TPSA) is 30.9 Å². The van der Waals surface area contributed by atoms with Gasteiger partial charge in [0.15, 0.2) is 11.5 Å². The monoisotopic (exact) mass is 537 g/mol. The third kappa shape index (κ3) is 4.52. The van der Waals surface area contributed by atoms with E-state index in [1.54, 1.807) is 0 Å². The van der Waals surface area contributed by atoms with E-state index in [0.29, 0.717) is 0 Å². The summed E-state index contributed by atoms with van der Waals surface area (Å²) in [4.78, 5) is 2.28. The minimum absolute atomic E-state index is 0.387. The van der Waals surface area contributed by atoms with Crippen LogP contribution in [0.25, 0.3) is 22.3 Å². The van der Waals surface area contributed by atoms with Crippen LogP contribution >= 0.6 is 0 Å². The summed E-state index contributed by atoms with van der Waals surface area (Å²) in [6, 6.07) is 42.2. The molecular formula is C36H32BNO3. The Morgan fingerprint density at radius 1 is 0.512 bits per heavy atom. The number of para-hydroxylation sites is 2. The van der Waals surface area contributed by atoms with Crippen molar-refractivity contribution >= 4 is 29.6 Å². The van der Waals surface area contributed by atoms with Crippen LogP contribution in [0.15, 0.2) is 121 Å². The molecule has 7 rings (SSSR count). The van der Waals surface area contributed by atoms with Gasteiger partial charge in [0.05, 0.1) is 22.6 Å². The number of anilines is 3. The molecular weight excluding hydrogens is 505 g/mol. The first-order valence-electron chi connectivity index (χ1n) is 14.1. The maximum atomic E-state index is 6.50. The molecule has 4 nitrogen and oxygen atoms in total. The maximum absolute atomic E-state index is 6.50. The fourth-order valence-electron chi connectivity index (χ4n) is 5.51. The second-order valence-electron chi connectivity index (χ2n) is 11.7. The van der Waals surface area contributed by atoms with Crippen molar-refractivity contribution in [1.29, 1.82) is 0 Å². The molecule has 0 atom stereocenters. The van der Waals surface area contributed by atoms with Crippen molar-refractivity contribution in [2.75, 3.05) is 4.90 Å². The number of fused-ring (bicyclic) bond motifs is 2. The van der Waals surface area contributed by atoms with Crippen molar-refractivity contribution in [2.45, 2.75) is 38.9 Å². The highest BCUT2D eigenvalue weighted by atomic mass is 16.7. The molecule has 41 heavy (non-hydrogen) atoms. The average molecular weight is 537 g/mol. The maximum Gasteiger partial charge on any atom is 0.494 e. The lowest BCUT2D eigenvalue weighted by Crippen LogP contribution is -2.41. The van der Waals surface area contributed by atoms with Crippen molar-refractivity contribution in [3.63, 3.8) is 0 Å². The van der Waals surface area contributed by atoms with Gasteiger partial charge in [0.1, 0.15) is 0 Å². The Hall–Kier alpha value is -4.32. The fourth-order valence-corrected chi connectivity index (χ4v) is 5.51. The quantitative estimate of drug-likeness (QED) is 0.210. The number of benzene rings is 5. The Morgan fingerprint density at radius 2 is 1.12 bits per heavy atom. The molecule has 0 aliphatic carbocycles. The van der Waals surface area contributed by atoms with E-state index in [9.17, 15) is 0 Å². The molecule has 0 spiro atoms. The summed E-state index contributed by atoms with van der Waals surface area (Å²) in [5.74, 6) is 1.64. The van der Waals surface area contributed by atoms with Crippen molar-refractivity contribution < 1.29 is 14.0 Å². The average Bonchev–Trinajstić information content (AvgIpc) is 3.22. The van der Waals surface area contributed by atoms with E-state index in [1.165, 1.54) is 11.1 Å². The minimum atomic E-state index is -0.409. The molecule has 1 fully saturated rings. The molecule has 5 aromatic rings. The first-order valence-corrected chi connectivity index (χ1v) is 14.1. The van der Waals surface area contributed by atoms with Crippen LogP contribution in [0.2, 0.25) is 0 Å². The SMILES string of the molecule is CC1(C)OB(c2cccc(-c3ccc4c(c3)Oc3ccccc3N4c3cccc(-c4ccccc4)c3)c2)OC1(C)C. The zero-order valence-corrected chi connectivity index (χ0v) is 23.8. The number of hydrogen-bond donors (Lipinski definition) is 0. The number of hydrogen-bond acceptors (Lipinski definition) is 4. The van der Waals surface area contributed by atoms with Crippen LogP contribution in [0, 0.1) is 0 Å². The number of nitrogens with zero attached hydrogens (tertiary/aromatic N) is 1. The summed E-state index contributed by atoms with van der Waals surface area (Å²) in [7, 11) is -0.409. The molecule has 5 heteroatoms. The van der Waals surface area contributed by atoms with Crippen LogP contribution in [-0.4, -0.2) is 18.3 Å². The molecule has 2 aliphatic heterocycles. The van der Waals surface area contributed by atoms with Gasteiger partial charge in [-0.1, -0.05) is 84.9 Å². The summed E-state index contributed by atoms with van der Waals surface area (Å²) < 4.78 is 19.1. The predicted molar refractivity (Wildman–Crippen MR) is 168 cm³/mol. The van der Waals surface area contributed by atoms with Gasteiger partial charge in [0.2, 0.25) is 0 Å². The summed E-state index contributed by atoms with van der Waals surface area (Å²) in [6.45, 7) is 8.32. The van der Waals surface area contributed by atoms with E-state index in [2.05, 4.69) is 136 Å². The van der Waals surface area contributed by atoms with E-state index in [0.717, 1.165) is 45.2 Å². The van der Waals surface area contributed by atoms with Gasteiger partial charge in [-0.2, -0.15) is 0 Å². The molecule has 0 radical (unpaired) electrons. The summed E-state index contributed by atoms with van der Waals surface area (Å²) in [5.41, 5.74) is 7.84. The van der Waals surface area contributed by atoms with Crippen LogP contribution in [0.3, 0.4) is 0 Å². The zero-order chi connectivity index (χ0) is 28.2. The van der Waals surface area contributed by atoms with Crippen LogP contribution in [0.1, 0.15) is 27.7 Å². The number of rotatable bonds is 4. The van der Waals surface area contributed by atoms with Gasteiger partial charge in [-0.3, -0.25) is 0 Å². The molecule has 202 valence electrons. The molecule has 0 saturated carbocycles. The summed E-state index contributed by atoms with van der Waals surface area (Å²) >= 11 is 0. The fraction of sp³-hybridized carbons (Fsp3) is 0.167.